The molecule has 0 rings (SSSR count). The lowest BCUT2D eigenvalue weighted by Gasteiger charge is -1.82. The lowest BCUT2D eigenvalue weighted by molar-refractivity contribution is 0.275. The Labute approximate surface area is 41.4 Å². The van der Waals surface area contributed by atoms with E-state index >= 15 is 0 Å². The van der Waals surface area contributed by atoms with Gasteiger partial charge in [-0.3, -0.25) is 0 Å². The fourth-order valence-corrected chi connectivity index (χ4v) is 0. The second kappa shape index (κ2) is 4.02. The molecule has 0 amide bonds. The Hall–Kier alpha value is -0.150. The normalized spacial score (nSPS) is 9.00. The molecular weight excluding hydrogens is 119 g/mol. The van der Waals surface area contributed by atoms with Gasteiger partial charge in [0, 0.05) is 0 Å². The summed E-state index contributed by atoms with van der Waals surface area (Å²) in [4.78, 5) is 21.6. The first-order valence-corrected chi connectivity index (χ1v) is 2.85. The summed E-state index contributed by atoms with van der Waals surface area (Å²) in [6.07, 6.45) is 0. The zero-order valence-electron chi connectivity index (χ0n) is 3.61. The molecular formula is C2H7O4P. The Bertz CT molecular complexity index is 65.5. The molecule has 0 fully saturated rings. The van der Waals surface area contributed by atoms with Crippen LogP contribution in [-0.4, -0.2) is 14.7 Å². The maximum atomic E-state index is 8.88. The Morgan fingerprint density at radius 1 is 1.14 bits per heavy atom. The van der Waals surface area contributed by atoms with Gasteiger partial charge in [0.05, 0.1) is 0 Å². The monoisotopic (exact) mass is 126 g/mol. The van der Waals surface area contributed by atoms with Crippen LogP contribution < -0.4 is 0 Å². The van der Waals surface area contributed by atoms with Crippen molar-refractivity contribution in [2.45, 2.75) is 0 Å². The van der Waals surface area contributed by atoms with Gasteiger partial charge in [0.2, 0.25) is 0 Å². The topological polar surface area (TPSA) is 77.8 Å². The molecule has 0 saturated heterocycles. The van der Waals surface area contributed by atoms with Gasteiger partial charge in [-0.25, -0.2) is 4.57 Å². The third-order valence-electron chi connectivity index (χ3n) is 0. The van der Waals surface area contributed by atoms with Crippen LogP contribution in [0.2, 0.25) is 0 Å². The summed E-state index contributed by atoms with van der Waals surface area (Å²) in [5.41, 5.74) is 0. The van der Waals surface area contributed by atoms with Crippen molar-refractivity contribution in [2.75, 3.05) is 0 Å². The van der Waals surface area contributed by atoms with Crippen LogP contribution in [0.15, 0.2) is 13.2 Å². The lowest BCUT2D eigenvalue weighted by atomic mass is 11.3. The molecule has 0 bridgehead atoms. The van der Waals surface area contributed by atoms with Gasteiger partial charge < -0.3 is 14.7 Å². The smallest absolute Gasteiger partial charge is 0.303 e. The van der Waals surface area contributed by atoms with Crippen molar-refractivity contribution in [3.05, 3.63) is 13.2 Å². The largest absolute Gasteiger partial charge is 0.466 e. The van der Waals surface area contributed by atoms with E-state index in [-0.39, 0.29) is 0 Å². The fraction of sp³-hybridized carbons (Fsp3) is 0. The summed E-state index contributed by atoms with van der Waals surface area (Å²) in [5, 5.41) is 0. The van der Waals surface area contributed by atoms with Gasteiger partial charge in [0.15, 0.2) is 0 Å². The van der Waals surface area contributed by atoms with E-state index in [9.17, 15) is 0 Å². The van der Waals surface area contributed by atoms with Crippen molar-refractivity contribution >= 4 is 7.82 Å². The number of phosphoric acid groups is 1. The summed E-state index contributed by atoms with van der Waals surface area (Å²) in [6.45, 7) is 6.00. The fourth-order valence-electron chi connectivity index (χ4n) is 0. The first-order chi connectivity index (χ1) is 3.00. The molecule has 0 unspecified atom stereocenters. The predicted molar refractivity (Wildman–Crippen MR) is 25.5 cm³/mol. The molecule has 44 valence electrons. The second-order valence-electron chi connectivity index (χ2n) is 0.513. The van der Waals surface area contributed by atoms with Crippen LogP contribution in [0.1, 0.15) is 0 Å². The first kappa shape index (κ1) is 9.97. The Morgan fingerprint density at radius 3 is 1.14 bits per heavy atom. The van der Waals surface area contributed by atoms with Crippen molar-refractivity contribution < 1.29 is 19.2 Å². The van der Waals surface area contributed by atoms with E-state index in [1.54, 1.807) is 0 Å². The van der Waals surface area contributed by atoms with Crippen LogP contribution in [0.25, 0.3) is 0 Å². The molecule has 0 saturated carbocycles. The van der Waals surface area contributed by atoms with E-state index in [1.165, 1.54) is 0 Å². The average Bonchev–Trinajstić information content (AvgIpc) is 1.36. The molecule has 0 radical (unpaired) electrons. The summed E-state index contributed by atoms with van der Waals surface area (Å²) in [6, 6.07) is 0. The number of rotatable bonds is 0. The third-order valence-corrected chi connectivity index (χ3v) is 0. The third kappa shape index (κ3) is 3850. The van der Waals surface area contributed by atoms with E-state index in [0.717, 1.165) is 0 Å². The summed E-state index contributed by atoms with van der Waals surface area (Å²) in [5.74, 6) is 0. The van der Waals surface area contributed by atoms with Gasteiger partial charge in [-0.15, -0.1) is 13.2 Å². The highest BCUT2D eigenvalue weighted by Gasteiger charge is 2.00. The highest BCUT2D eigenvalue weighted by atomic mass is 31.2. The maximum absolute atomic E-state index is 8.88. The molecule has 0 aliphatic heterocycles. The highest BCUT2D eigenvalue weighted by molar-refractivity contribution is 7.45. The summed E-state index contributed by atoms with van der Waals surface area (Å²) in [7, 11) is -4.64. The van der Waals surface area contributed by atoms with E-state index in [0.29, 0.717) is 0 Å². The SMILES string of the molecule is C=C.O=P(O)(O)O. The van der Waals surface area contributed by atoms with Gasteiger partial charge in [0.25, 0.3) is 0 Å². The molecule has 0 heterocycles. The first-order valence-electron chi connectivity index (χ1n) is 1.28. The molecule has 7 heavy (non-hydrogen) atoms. The van der Waals surface area contributed by atoms with E-state index in [1.807, 2.05) is 0 Å². The van der Waals surface area contributed by atoms with Crippen molar-refractivity contribution in [3.8, 4) is 0 Å². The quantitative estimate of drug-likeness (QED) is 0.312. The van der Waals surface area contributed by atoms with Gasteiger partial charge >= 0.3 is 7.82 Å². The minimum absolute atomic E-state index is 3.00. The van der Waals surface area contributed by atoms with Crippen LogP contribution in [0.4, 0.5) is 0 Å². The molecule has 0 aromatic carbocycles. The van der Waals surface area contributed by atoms with Gasteiger partial charge in [0.1, 0.15) is 0 Å². The molecule has 0 aromatic heterocycles. The zero-order valence-corrected chi connectivity index (χ0v) is 4.51. The Kier molecular flexibility index (Phi) is 5.72. The molecule has 3 N–H and O–H groups in total. The van der Waals surface area contributed by atoms with Crippen molar-refractivity contribution in [1.82, 2.24) is 0 Å². The van der Waals surface area contributed by atoms with Crippen molar-refractivity contribution in [3.63, 3.8) is 0 Å². The van der Waals surface area contributed by atoms with E-state index in [2.05, 4.69) is 13.2 Å². The minimum atomic E-state index is -4.64. The van der Waals surface area contributed by atoms with Crippen LogP contribution in [0, 0.1) is 0 Å². The van der Waals surface area contributed by atoms with Crippen molar-refractivity contribution in [1.29, 1.82) is 0 Å². The molecule has 0 atom stereocenters. The van der Waals surface area contributed by atoms with Crippen LogP contribution in [-0.2, 0) is 4.57 Å². The maximum Gasteiger partial charge on any atom is 0.466 e. The van der Waals surface area contributed by atoms with Crippen LogP contribution in [0.5, 0.6) is 0 Å². The minimum Gasteiger partial charge on any atom is -0.303 e. The molecule has 5 heteroatoms. The van der Waals surface area contributed by atoms with E-state index in [4.69, 9.17) is 19.2 Å². The van der Waals surface area contributed by atoms with Gasteiger partial charge in [-0.05, 0) is 0 Å². The van der Waals surface area contributed by atoms with Crippen molar-refractivity contribution in [2.24, 2.45) is 0 Å². The van der Waals surface area contributed by atoms with Crippen LogP contribution >= 0.6 is 7.82 Å². The molecule has 0 spiro atoms. The molecule has 4 nitrogen and oxygen atoms in total. The highest BCUT2D eigenvalue weighted by Crippen LogP contribution is 2.25. The zero-order chi connectivity index (χ0) is 6.50. The van der Waals surface area contributed by atoms with E-state index < -0.39 is 7.82 Å². The lowest BCUT2D eigenvalue weighted by Crippen LogP contribution is -1.66. The summed E-state index contributed by atoms with van der Waals surface area (Å²) < 4.78 is 8.88. The number of hydrogen-bond acceptors (Lipinski definition) is 1. The van der Waals surface area contributed by atoms with Crippen LogP contribution in [0.3, 0.4) is 0 Å². The van der Waals surface area contributed by atoms with Gasteiger partial charge in [-0.2, -0.15) is 0 Å². The second-order valence-corrected chi connectivity index (χ2v) is 1.54. The summed E-state index contributed by atoms with van der Waals surface area (Å²) >= 11 is 0. The Morgan fingerprint density at radius 2 is 1.14 bits per heavy atom. The van der Waals surface area contributed by atoms with Gasteiger partial charge in [-0.1, -0.05) is 0 Å². The number of hydrogen-bond donors (Lipinski definition) is 3. The standard InChI is InChI=1S/C2H4.H3O4P/c1-2;1-5(2,3)4/h1-2H2;(H3,1,2,3,4). The Balaban J connectivity index is 0. The molecule has 0 aliphatic rings. The molecule has 0 aromatic rings. The average molecular weight is 126 g/mol. The molecule has 0 aliphatic carbocycles. The predicted octanol–water partition coefficient (Wildman–Crippen LogP) is -0.126.